The Labute approximate surface area is 103 Å². The third-order valence-corrected chi connectivity index (χ3v) is 3.62. The van der Waals surface area contributed by atoms with Gasteiger partial charge in [0, 0.05) is 25.4 Å². The highest BCUT2D eigenvalue weighted by molar-refractivity contribution is 5.79. The van der Waals surface area contributed by atoms with E-state index in [0.717, 1.165) is 6.42 Å². The summed E-state index contributed by atoms with van der Waals surface area (Å²) in [6.45, 7) is 3.89. The highest BCUT2D eigenvalue weighted by Crippen LogP contribution is 2.18. The summed E-state index contributed by atoms with van der Waals surface area (Å²) in [6, 6.07) is 0. The number of piperidine rings is 1. The van der Waals surface area contributed by atoms with Crippen LogP contribution in [0.5, 0.6) is 0 Å². The largest absolute Gasteiger partial charge is 0.369 e. The fraction of sp³-hybridized carbons (Fsp3) is 0.833. The minimum Gasteiger partial charge on any atom is -0.369 e. The number of likely N-dealkylation sites (tertiary alicyclic amines) is 1. The summed E-state index contributed by atoms with van der Waals surface area (Å²) in [5, 5.41) is 0. The van der Waals surface area contributed by atoms with Gasteiger partial charge in [-0.3, -0.25) is 9.59 Å². The molecule has 4 N–H and O–H groups in total. The standard InChI is InChI=1S/C12H23N3O2/c1-2-9(8-13)7-11(16)15-5-3-10(4-6-15)12(14)17/h9-10H,2-8,13H2,1H3,(H2,14,17). The average molecular weight is 241 g/mol. The van der Waals surface area contributed by atoms with Gasteiger partial charge in [-0.05, 0) is 25.3 Å². The van der Waals surface area contributed by atoms with Crippen LogP contribution >= 0.6 is 0 Å². The lowest BCUT2D eigenvalue weighted by atomic mass is 9.95. The topological polar surface area (TPSA) is 89.4 Å². The summed E-state index contributed by atoms with van der Waals surface area (Å²) in [5.41, 5.74) is 10.8. The summed E-state index contributed by atoms with van der Waals surface area (Å²) < 4.78 is 0. The molecule has 1 fully saturated rings. The number of hydrogen-bond acceptors (Lipinski definition) is 3. The lowest BCUT2D eigenvalue weighted by Crippen LogP contribution is -2.42. The molecule has 1 unspecified atom stereocenters. The summed E-state index contributed by atoms with van der Waals surface area (Å²) in [4.78, 5) is 24.8. The average Bonchev–Trinajstić information content (AvgIpc) is 2.35. The normalized spacial score (nSPS) is 19.1. The third kappa shape index (κ3) is 4.00. The first kappa shape index (κ1) is 14.0. The van der Waals surface area contributed by atoms with E-state index in [1.165, 1.54) is 0 Å². The lowest BCUT2D eigenvalue weighted by Gasteiger charge is -2.31. The molecule has 1 aliphatic heterocycles. The molecule has 1 rings (SSSR count). The van der Waals surface area contributed by atoms with E-state index in [2.05, 4.69) is 0 Å². The van der Waals surface area contributed by atoms with Crippen LogP contribution < -0.4 is 11.5 Å². The van der Waals surface area contributed by atoms with E-state index >= 15 is 0 Å². The van der Waals surface area contributed by atoms with Crippen LogP contribution in [0, 0.1) is 11.8 Å². The molecular weight excluding hydrogens is 218 g/mol. The number of amides is 2. The molecule has 0 radical (unpaired) electrons. The number of hydrogen-bond donors (Lipinski definition) is 2. The Hall–Kier alpha value is -1.10. The van der Waals surface area contributed by atoms with Gasteiger partial charge in [-0.25, -0.2) is 0 Å². The predicted octanol–water partition coefficient (Wildman–Crippen LogP) is 0.0853. The van der Waals surface area contributed by atoms with Crippen LogP contribution in [0.3, 0.4) is 0 Å². The second-order valence-corrected chi connectivity index (χ2v) is 4.77. The van der Waals surface area contributed by atoms with Gasteiger partial charge in [-0.1, -0.05) is 13.3 Å². The van der Waals surface area contributed by atoms with Crippen LogP contribution in [0.25, 0.3) is 0 Å². The van der Waals surface area contributed by atoms with Gasteiger partial charge in [0.2, 0.25) is 11.8 Å². The number of nitrogens with two attached hydrogens (primary N) is 2. The van der Waals surface area contributed by atoms with Gasteiger partial charge in [-0.2, -0.15) is 0 Å². The van der Waals surface area contributed by atoms with Gasteiger partial charge in [0.15, 0.2) is 0 Å². The van der Waals surface area contributed by atoms with Crippen molar-refractivity contribution in [3.8, 4) is 0 Å². The molecule has 1 aliphatic rings. The molecule has 98 valence electrons. The van der Waals surface area contributed by atoms with E-state index in [9.17, 15) is 9.59 Å². The highest BCUT2D eigenvalue weighted by Gasteiger charge is 2.26. The Morgan fingerprint density at radius 1 is 1.35 bits per heavy atom. The van der Waals surface area contributed by atoms with Crippen molar-refractivity contribution in [2.24, 2.45) is 23.3 Å². The molecule has 2 amide bonds. The molecule has 1 saturated heterocycles. The summed E-state index contributed by atoms with van der Waals surface area (Å²) in [6.07, 6.45) is 2.84. The summed E-state index contributed by atoms with van der Waals surface area (Å²) >= 11 is 0. The Balaban J connectivity index is 2.38. The predicted molar refractivity (Wildman–Crippen MR) is 66.0 cm³/mol. The van der Waals surface area contributed by atoms with E-state index in [1.807, 2.05) is 11.8 Å². The van der Waals surface area contributed by atoms with Gasteiger partial charge >= 0.3 is 0 Å². The van der Waals surface area contributed by atoms with Crippen LogP contribution in [0.4, 0.5) is 0 Å². The van der Waals surface area contributed by atoms with Crippen molar-refractivity contribution in [3.05, 3.63) is 0 Å². The Kier molecular flexibility index (Phi) is 5.41. The van der Waals surface area contributed by atoms with E-state index in [0.29, 0.717) is 38.9 Å². The smallest absolute Gasteiger partial charge is 0.222 e. The highest BCUT2D eigenvalue weighted by atomic mass is 16.2. The molecule has 17 heavy (non-hydrogen) atoms. The van der Waals surface area contributed by atoms with Crippen LogP contribution in [-0.2, 0) is 9.59 Å². The number of rotatable bonds is 5. The third-order valence-electron chi connectivity index (χ3n) is 3.62. The van der Waals surface area contributed by atoms with Gasteiger partial charge in [0.1, 0.15) is 0 Å². The number of primary amides is 1. The molecule has 0 bridgehead atoms. The Bertz CT molecular complexity index is 269. The van der Waals surface area contributed by atoms with Crippen LogP contribution in [0.15, 0.2) is 0 Å². The van der Waals surface area contributed by atoms with Crippen molar-refractivity contribution in [2.45, 2.75) is 32.6 Å². The van der Waals surface area contributed by atoms with Crippen molar-refractivity contribution in [1.82, 2.24) is 4.90 Å². The minimum atomic E-state index is -0.245. The van der Waals surface area contributed by atoms with Crippen LogP contribution in [0.2, 0.25) is 0 Å². The summed E-state index contributed by atoms with van der Waals surface area (Å²) in [7, 11) is 0. The maximum Gasteiger partial charge on any atom is 0.222 e. The first-order chi connectivity index (χ1) is 8.08. The zero-order valence-electron chi connectivity index (χ0n) is 10.5. The zero-order valence-corrected chi connectivity index (χ0v) is 10.5. The molecule has 1 heterocycles. The van der Waals surface area contributed by atoms with Crippen molar-refractivity contribution in [3.63, 3.8) is 0 Å². The monoisotopic (exact) mass is 241 g/mol. The van der Waals surface area contributed by atoms with E-state index in [-0.39, 0.29) is 23.7 Å². The van der Waals surface area contributed by atoms with E-state index < -0.39 is 0 Å². The van der Waals surface area contributed by atoms with E-state index in [1.54, 1.807) is 0 Å². The van der Waals surface area contributed by atoms with Crippen molar-refractivity contribution < 1.29 is 9.59 Å². The molecule has 0 spiro atoms. The molecular formula is C12H23N3O2. The molecule has 1 atom stereocenters. The molecule has 0 aromatic carbocycles. The minimum absolute atomic E-state index is 0.0597. The number of carbonyl (C=O) groups excluding carboxylic acids is 2. The molecule has 0 aromatic rings. The second kappa shape index (κ2) is 6.59. The lowest BCUT2D eigenvalue weighted by molar-refractivity contribution is -0.135. The van der Waals surface area contributed by atoms with Crippen LogP contribution in [-0.4, -0.2) is 36.3 Å². The molecule has 5 nitrogen and oxygen atoms in total. The van der Waals surface area contributed by atoms with Crippen molar-refractivity contribution in [2.75, 3.05) is 19.6 Å². The Morgan fingerprint density at radius 2 is 1.94 bits per heavy atom. The maximum atomic E-state index is 12.0. The van der Waals surface area contributed by atoms with E-state index in [4.69, 9.17) is 11.5 Å². The van der Waals surface area contributed by atoms with Gasteiger partial charge in [0.05, 0.1) is 0 Å². The van der Waals surface area contributed by atoms with Crippen molar-refractivity contribution in [1.29, 1.82) is 0 Å². The quantitative estimate of drug-likeness (QED) is 0.714. The maximum absolute atomic E-state index is 12.0. The molecule has 0 aromatic heterocycles. The van der Waals surface area contributed by atoms with Gasteiger partial charge in [0.25, 0.3) is 0 Å². The fourth-order valence-electron chi connectivity index (χ4n) is 2.18. The van der Waals surface area contributed by atoms with Crippen molar-refractivity contribution >= 4 is 11.8 Å². The Morgan fingerprint density at radius 3 is 2.35 bits per heavy atom. The molecule has 0 saturated carbocycles. The van der Waals surface area contributed by atoms with Gasteiger partial charge < -0.3 is 16.4 Å². The van der Waals surface area contributed by atoms with Gasteiger partial charge in [-0.15, -0.1) is 0 Å². The zero-order chi connectivity index (χ0) is 12.8. The summed E-state index contributed by atoms with van der Waals surface area (Å²) in [5.74, 6) is 0.127. The number of carbonyl (C=O) groups is 2. The molecule has 0 aliphatic carbocycles. The fourth-order valence-corrected chi connectivity index (χ4v) is 2.18. The first-order valence-corrected chi connectivity index (χ1v) is 6.35. The molecule has 5 heteroatoms. The number of nitrogens with zero attached hydrogens (tertiary/aromatic N) is 1. The SMILES string of the molecule is CCC(CN)CC(=O)N1CCC(C(N)=O)CC1. The second-order valence-electron chi connectivity index (χ2n) is 4.77. The van der Waals surface area contributed by atoms with Crippen LogP contribution in [0.1, 0.15) is 32.6 Å². The first-order valence-electron chi connectivity index (χ1n) is 6.35.